The highest BCUT2D eigenvalue weighted by atomic mass is 16.6. The van der Waals surface area contributed by atoms with E-state index in [0.29, 0.717) is 52.1 Å². The Morgan fingerprint density at radius 2 is 1.31 bits per heavy atom. The molecule has 0 spiro atoms. The molecule has 6 heterocycles. The molecule has 2 amide bonds. The molecule has 6 fully saturated rings. The third kappa shape index (κ3) is 9.58. The third-order valence-electron chi connectivity index (χ3n) is 9.16. The Bertz CT molecular complexity index is 1210. The number of nitrogens with zero attached hydrogens (tertiary/aromatic N) is 2. The summed E-state index contributed by atoms with van der Waals surface area (Å²) in [6.45, 7) is 15.1. The molecule has 6 saturated heterocycles. The Morgan fingerprint density at radius 3 is 1.88 bits per heavy atom. The van der Waals surface area contributed by atoms with E-state index < -0.39 is 17.3 Å². The number of nitrogens with one attached hydrogen (secondary N) is 1. The molecule has 3 N–H and O–H groups in total. The molecule has 1 aromatic carbocycles. The lowest BCUT2D eigenvalue weighted by atomic mass is 10.1. The molecule has 6 aliphatic rings. The predicted molar refractivity (Wildman–Crippen MR) is 175 cm³/mol. The van der Waals surface area contributed by atoms with Gasteiger partial charge in [-0.05, 0) is 66.4 Å². The third-order valence-corrected chi connectivity index (χ3v) is 9.16. The van der Waals surface area contributed by atoms with Crippen LogP contribution in [-0.4, -0.2) is 138 Å². The van der Waals surface area contributed by atoms with Gasteiger partial charge in [-0.3, -0.25) is 9.80 Å². The van der Waals surface area contributed by atoms with E-state index in [-0.39, 0.29) is 54.6 Å². The maximum absolute atomic E-state index is 12.5. The van der Waals surface area contributed by atoms with Crippen molar-refractivity contribution >= 4 is 12.2 Å². The van der Waals surface area contributed by atoms with Gasteiger partial charge in [0.05, 0.1) is 94.8 Å². The minimum Gasteiger partial charge on any atom is -0.444 e. The molecule has 0 aliphatic carbocycles. The molecule has 13 heteroatoms. The molecule has 6 aliphatic heterocycles. The maximum atomic E-state index is 12.5. The number of rotatable bonds is 3. The van der Waals surface area contributed by atoms with Crippen LogP contribution in [0.15, 0.2) is 30.3 Å². The van der Waals surface area contributed by atoms with Gasteiger partial charge in [0.2, 0.25) is 0 Å². The fourth-order valence-corrected chi connectivity index (χ4v) is 7.02. The molecular formula is C35H55N3O10. The Kier molecular flexibility index (Phi) is 11.9. The van der Waals surface area contributed by atoms with Crippen LogP contribution in [0.25, 0.3) is 0 Å². The van der Waals surface area contributed by atoms with Crippen LogP contribution in [-0.2, 0) is 35.0 Å². The van der Waals surface area contributed by atoms with Crippen molar-refractivity contribution in [2.45, 2.75) is 133 Å². The Labute approximate surface area is 284 Å². The summed E-state index contributed by atoms with van der Waals surface area (Å²) < 4.78 is 33.1. The van der Waals surface area contributed by atoms with E-state index in [1.54, 1.807) is 4.90 Å². The highest BCUT2D eigenvalue weighted by Crippen LogP contribution is 2.34. The summed E-state index contributed by atoms with van der Waals surface area (Å²) in [4.78, 5) is 27.9. The lowest BCUT2D eigenvalue weighted by Crippen LogP contribution is -2.52. The first-order chi connectivity index (χ1) is 22.7. The zero-order valence-corrected chi connectivity index (χ0v) is 29.2. The van der Waals surface area contributed by atoms with Crippen LogP contribution in [0.5, 0.6) is 0 Å². The summed E-state index contributed by atoms with van der Waals surface area (Å²) in [7, 11) is 0. The van der Waals surface area contributed by atoms with E-state index in [4.69, 9.17) is 28.4 Å². The number of hydrogen-bond acceptors (Lipinski definition) is 11. The summed E-state index contributed by atoms with van der Waals surface area (Å²) in [5, 5.41) is 22.3. The predicted octanol–water partition coefficient (Wildman–Crippen LogP) is 2.84. The number of carbonyl (C=O) groups is 2. The van der Waals surface area contributed by atoms with E-state index in [1.165, 1.54) is 0 Å². The van der Waals surface area contributed by atoms with Gasteiger partial charge < -0.3 is 44.0 Å². The number of morpholine rings is 3. The van der Waals surface area contributed by atoms with Gasteiger partial charge in [-0.15, -0.1) is 0 Å². The SMILES string of the molecule is CC(C)(C)OC(=O)N1C2COCC1C(O)C2.CC(C)(C)OC(=O)N1C2COCC1C(OCc1ccccc1)C2.OC1CC2COCC1N2. The second-order valence-corrected chi connectivity index (χ2v) is 15.5. The molecule has 0 aromatic heterocycles. The van der Waals surface area contributed by atoms with E-state index >= 15 is 0 Å². The topological polar surface area (TPSA) is 148 Å². The summed E-state index contributed by atoms with van der Waals surface area (Å²) in [5.74, 6) is 0. The van der Waals surface area contributed by atoms with Crippen LogP contribution < -0.4 is 5.32 Å². The van der Waals surface area contributed by atoms with Crippen LogP contribution in [0.3, 0.4) is 0 Å². The van der Waals surface area contributed by atoms with Crippen molar-refractivity contribution in [2.75, 3.05) is 39.6 Å². The standard InChI is InChI=1S/C18H25NO4.C11H19NO4.C6H11NO2/c1-18(2,3)23-17(20)19-14-9-16(15(19)12-21-11-14)22-10-13-7-5-4-6-8-13;1-11(2,3)16-10(14)12-7-4-9(13)8(12)6-15-5-7;8-6-1-4-2-9-3-5(6)7-4/h4-8,14-16H,9-12H2,1-3H3;7-9,13H,4-6H2,1-3H3;4-8H,1-3H2. The van der Waals surface area contributed by atoms with Crippen LogP contribution in [0.4, 0.5) is 9.59 Å². The summed E-state index contributed by atoms with van der Waals surface area (Å²) >= 11 is 0. The van der Waals surface area contributed by atoms with Crippen molar-refractivity contribution in [1.29, 1.82) is 0 Å². The Hall–Kier alpha value is -2.52. The summed E-state index contributed by atoms with van der Waals surface area (Å²) in [6, 6.07) is 10.4. The maximum Gasteiger partial charge on any atom is 0.411 e. The van der Waals surface area contributed by atoms with Gasteiger partial charge in [0.25, 0.3) is 0 Å². The lowest BCUT2D eigenvalue weighted by Gasteiger charge is -2.36. The van der Waals surface area contributed by atoms with Gasteiger partial charge >= 0.3 is 12.2 Å². The normalized spacial score (nSPS) is 33.6. The highest BCUT2D eigenvalue weighted by Gasteiger charge is 2.49. The van der Waals surface area contributed by atoms with Crippen molar-refractivity contribution in [1.82, 2.24) is 15.1 Å². The number of hydrogen-bond donors (Lipinski definition) is 3. The molecular weight excluding hydrogens is 622 g/mol. The van der Waals surface area contributed by atoms with Gasteiger partial charge in [-0.25, -0.2) is 9.59 Å². The molecule has 0 radical (unpaired) electrons. The number of aliphatic hydroxyl groups excluding tert-OH is 2. The van der Waals surface area contributed by atoms with Gasteiger partial charge in [0.15, 0.2) is 0 Å². The van der Waals surface area contributed by atoms with E-state index in [0.717, 1.165) is 25.0 Å². The minimum atomic E-state index is -0.500. The van der Waals surface area contributed by atoms with Crippen LogP contribution in [0.1, 0.15) is 66.4 Å². The van der Waals surface area contributed by atoms with Crippen molar-refractivity contribution in [3.05, 3.63) is 35.9 Å². The molecule has 270 valence electrons. The van der Waals surface area contributed by atoms with E-state index in [2.05, 4.69) is 5.32 Å². The van der Waals surface area contributed by atoms with Crippen molar-refractivity contribution < 1.29 is 48.2 Å². The first kappa shape index (κ1) is 36.8. The monoisotopic (exact) mass is 677 g/mol. The average Bonchev–Trinajstić information content (AvgIpc) is 3.48. The van der Waals surface area contributed by atoms with Crippen molar-refractivity contribution in [2.24, 2.45) is 0 Å². The highest BCUT2D eigenvalue weighted by molar-refractivity contribution is 5.70. The van der Waals surface area contributed by atoms with Crippen LogP contribution in [0.2, 0.25) is 0 Å². The molecule has 13 nitrogen and oxygen atoms in total. The number of amides is 2. The number of aliphatic hydroxyl groups is 2. The minimum absolute atomic E-state index is 0.00442. The van der Waals surface area contributed by atoms with Crippen LogP contribution >= 0.6 is 0 Å². The first-order valence-corrected chi connectivity index (χ1v) is 17.2. The first-order valence-electron chi connectivity index (χ1n) is 17.2. The Morgan fingerprint density at radius 1 is 0.750 bits per heavy atom. The zero-order chi connectivity index (χ0) is 34.6. The number of ether oxygens (including phenoxy) is 6. The quantitative estimate of drug-likeness (QED) is 0.434. The molecule has 9 unspecified atom stereocenters. The second kappa shape index (κ2) is 15.6. The average molecular weight is 678 g/mol. The van der Waals surface area contributed by atoms with Crippen molar-refractivity contribution in [3.8, 4) is 0 Å². The van der Waals surface area contributed by atoms with Crippen molar-refractivity contribution in [3.63, 3.8) is 0 Å². The lowest BCUT2D eigenvalue weighted by molar-refractivity contribution is -0.0586. The van der Waals surface area contributed by atoms with Gasteiger partial charge in [-0.2, -0.15) is 0 Å². The smallest absolute Gasteiger partial charge is 0.411 e. The second-order valence-electron chi connectivity index (χ2n) is 15.5. The summed E-state index contributed by atoms with van der Waals surface area (Å²) in [5.41, 5.74) is 0.147. The molecule has 6 bridgehead atoms. The number of fused-ring (bicyclic) bond motifs is 6. The molecule has 7 rings (SSSR count). The van der Waals surface area contributed by atoms with Crippen LogP contribution in [0, 0.1) is 0 Å². The largest absolute Gasteiger partial charge is 0.444 e. The molecule has 48 heavy (non-hydrogen) atoms. The van der Waals surface area contributed by atoms with Gasteiger partial charge in [0.1, 0.15) is 11.2 Å². The van der Waals surface area contributed by atoms with E-state index in [1.807, 2.05) is 76.8 Å². The fraction of sp³-hybridized carbons (Fsp3) is 0.771. The summed E-state index contributed by atoms with van der Waals surface area (Å²) in [6.07, 6.45) is 0.988. The zero-order valence-electron chi connectivity index (χ0n) is 29.2. The van der Waals surface area contributed by atoms with E-state index in [9.17, 15) is 19.8 Å². The number of carbonyl (C=O) groups excluding carboxylic acids is 2. The molecule has 9 atom stereocenters. The number of benzene rings is 1. The van der Waals surface area contributed by atoms with Gasteiger partial charge in [0, 0.05) is 6.04 Å². The molecule has 0 saturated carbocycles. The molecule has 1 aromatic rings. The fourth-order valence-electron chi connectivity index (χ4n) is 7.02. The van der Waals surface area contributed by atoms with Gasteiger partial charge in [-0.1, -0.05) is 30.3 Å². The Balaban J connectivity index is 0.000000155.